The van der Waals surface area contributed by atoms with E-state index in [9.17, 15) is 9.59 Å². The molecule has 0 saturated carbocycles. The van der Waals surface area contributed by atoms with E-state index in [1.54, 1.807) is 0 Å². The zero-order chi connectivity index (χ0) is 30.6. The van der Waals surface area contributed by atoms with Crippen molar-refractivity contribution in [3.63, 3.8) is 0 Å². The maximum atomic E-state index is 14.6. The summed E-state index contributed by atoms with van der Waals surface area (Å²) in [7, 11) is 0. The molecule has 6 heteroatoms. The minimum Gasteiger partial charge on any atom is -0.380 e. The molecule has 2 saturated heterocycles. The molecule has 4 unspecified atom stereocenters. The maximum Gasteiger partial charge on any atom is 0.240 e. The zero-order valence-corrected chi connectivity index (χ0v) is 27.8. The van der Waals surface area contributed by atoms with Crippen LogP contribution < -0.4 is 16.0 Å². The molecule has 3 heterocycles. The van der Waals surface area contributed by atoms with Crippen LogP contribution >= 0.6 is 0 Å². The summed E-state index contributed by atoms with van der Waals surface area (Å²) >= 11 is 0. The molecule has 3 aliphatic heterocycles. The lowest BCUT2D eigenvalue weighted by Crippen LogP contribution is -2.62. The second kappa shape index (κ2) is 10.9. The van der Waals surface area contributed by atoms with Crippen LogP contribution in [0, 0.1) is 27.6 Å². The van der Waals surface area contributed by atoms with Gasteiger partial charge in [0.2, 0.25) is 11.8 Å². The fourth-order valence-corrected chi connectivity index (χ4v) is 8.46. The van der Waals surface area contributed by atoms with Gasteiger partial charge >= 0.3 is 0 Å². The van der Waals surface area contributed by atoms with Gasteiger partial charge in [0.15, 0.2) is 0 Å². The van der Waals surface area contributed by atoms with Crippen LogP contribution in [0.5, 0.6) is 0 Å². The SMILES string of the molecule is CC(C)(C)CNC(=O)C1CC(C)(C)CC(C)(C)CN(C(=O)C2CC3c4ccccc4NC3CN2)C(C)(C)CC1(C)C. The number of carbonyl (C=O) groups excluding carboxylic acids is 2. The second-order valence-corrected chi connectivity index (χ2v) is 17.6. The van der Waals surface area contributed by atoms with Crippen LogP contribution in [-0.4, -0.2) is 54.0 Å². The topological polar surface area (TPSA) is 73.5 Å². The molecule has 0 spiro atoms. The minimum absolute atomic E-state index is 0.0249. The van der Waals surface area contributed by atoms with Crippen molar-refractivity contribution in [2.24, 2.45) is 27.6 Å². The highest BCUT2D eigenvalue weighted by Gasteiger charge is 2.50. The van der Waals surface area contributed by atoms with Crippen molar-refractivity contribution in [2.45, 2.75) is 125 Å². The Morgan fingerprint density at radius 1 is 0.976 bits per heavy atom. The molecule has 4 atom stereocenters. The normalized spacial score (nSPS) is 30.4. The maximum absolute atomic E-state index is 14.6. The van der Waals surface area contributed by atoms with Gasteiger partial charge in [-0.25, -0.2) is 0 Å². The number of piperidine rings is 1. The highest BCUT2D eigenvalue weighted by atomic mass is 16.2. The van der Waals surface area contributed by atoms with Crippen LogP contribution in [0.25, 0.3) is 0 Å². The van der Waals surface area contributed by atoms with E-state index in [0.717, 1.165) is 32.2 Å². The third kappa shape index (κ3) is 7.29. The number of carbonyl (C=O) groups is 2. The van der Waals surface area contributed by atoms with Gasteiger partial charge in [0.1, 0.15) is 0 Å². The lowest BCUT2D eigenvalue weighted by molar-refractivity contribution is -0.146. The number of hydrogen-bond acceptors (Lipinski definition) is 4. The van der Waals surface area contributed by atoms with Crippen LogP contribution in [0.15, 0.2) is 24.3 Å². The number of nitrogens with zero attached hydrogens (tertiary/aromatic N) is 1. The zero-order valence-electron chi connectivity index (χ0n) is 27.8. The number of hydrogen-bond donors (Lipinski definition) is 3. The van der Waals surface area contributed by atoms with Crippen molar-refractivity contribution in [2.75, 3.05) is 25.0 Å². The van der Waals surface area contributed by atoms with E-state index >= 15 is 0 Å². The summed E-state index contributed by atoms with van der Waals surface area (Å²) in [6.45, 7) is 26.8. The summed E-state index contributed by atoms with van der Waals surface area (Å²) < 4.78 is 0. The molecule has 3 aliphatic rings. The molecule has 1 aromatic carbocycles. The molecule has 3 N–H and O–H groups in total. The van der Waals surface area contributed by atoms with Gasteiger partial charge in [-0.05, 0) is 72.8 Å². The minimum atomic E-state index is -0.410. The summed E-state index contributed by atoms with van der Waals surface area (Å²) in [5.41, 5.74) is 1.73. The van der Waals surface area contributed by atoms with E-state index in [4.69, 9.17) is 0 Å². The largest absolute Gasteiger partial charge is 0.380 e. The molecule has 2 amide bonds. The molecule has 0 aromatic heterocycles. The predicted octanol–water partition coefficient (Wildman–Crippen LogP) is 6.57. The lowest BCUT2D eigenvalue weighted by Gasteiger charge is -2.52. The molecule has 4 rings (SSSR count). The Hall–Kier alpha value is -2.08. The summed E-state index contributed by atoms with van der Waals surface area (Å²) in [6.07, 6.45) is 3.34. The van der Waals surface area contributed by atoms with Gasteiger partial charge in [-0.1, -0.05) is 80.5 Å². The van der Waals surface area contributed by atoms with E-state index in [0.29, 0.717) is 25.0 Å². The second-order valence-electron chi connectivity index (χ2n) is 17.6. The predicted molar refractivity (Wildman–Crippen MR) is 170 cm³/mol. The first-order chi connectivity index (χ1) is 18.7. The van der Waals surface area contributed by atoms with Crippen molar-refractivity contribution in [3.05, 3.63) is 29.8 Å². The van der Waals surface area contributed by atoms with Gasteiger partial charge < -0.3 is 20.9 Å². The Kier molecular flexibility index (Phi) is 8.45. The average Bonchev–Trinajstić information content (AvgIpc) is 3.19. The number of rotatable bonds is 3. The van der Waals surface area contributed by atoms with Crippen molar-refractivity contribution in [1.29, 1.82) is 0 Å². The molecular formula is C35H58N4O2. The van der Waals surface area contributed by atoms with Crippen LogP contribution in [-0.2, 0) is 9.59 Å². The van der Waals surface area contributed by atoms with Gasteiger partial charge in [0.25, 0.3) is 0 Å². The van der Waals surface area contributed by atoms with Crippen LogP contribution in [0.1, 0.15) is 113 Å². The standard InChI is InChI=1S/C35H58N4O2/c1-31(2,3)21-37-29(40)25-17-32(4,5)19-33(6,7)22-39(35(10,11)20-34(25,8)9)30(41)27-16-24-23-14-12-13-15-26(23)38-28(24)18-36-27/h12-15,24-25,27-28,36,38H,16-22H2,1-11H3,(H,37,40). The van der Waals surface area contributed by atoms with Gasteiger partial charge in [0, 0.05) is 48.7 Å². The highest BCUT2D eigenvalue weighted by Crippen LogP contribution is 2.49. The third-order valence-corrected chi connectivity index (χ3v) is 9.80. The highest BCUT2D eigenvalue weighted by molar-refractivity contribution is 5.83. The molecule has 0 aliphatic carbocycles. The molecular weight excluding hydrogens is 508 g/mol. The van der Waals surface area contributed by atoms with Gasteiger partial charge in [-0.2, -0.15) is 0 Å². The smallest absolute Gasteiger partial charge is 0.240 e. The number of nitrogens with one attached hydrogen (secondary N) is 3. The van der Waals surface area contributed by atoms with E-state index in [-0.39, 0.29) is 45.4 Å². The number of anilines is 1. The quantitative estimate of drug-likeness (QED) is 0.387. The van der Waals surface area contributed by atoms with Crippen LogP contribution in [0.3, 0.4) is 0 Å². The van der Waals surface area contributed by atoms with E-state index in [1.165, 1.54) is 11.3 Å². The summed E-state index contributed by atoms with van der Waals surface area (Å²) in [5.74, 6) is 0.551. The summed E-state index contributed by atoms with van der Waals surface area (Å²) in [5, 5.41) is 10.6. The van der Waals surface area contributed by atoms with Crippen molar-refractivity contribution in [1.82, 2.24) is 15.5 Å². The van der Waals surface area contributed by atoms with Crippen LogP contribution in [0.4, 0.5) is 5.69 Å². The van der Waals surface area contributed by atoms with Crippen LogP contribution in [0.2, 0.25) is 0 Å². The Morgan fingerprint density at radius 2 is 1.63 bits per heavy atom. The average molecular weight is 567 g/mol. The Morgan fingerprint density at radius 3 is 2.29 bits per heavy atom. The Bertz CT molecular complexity index is 1130. The van der Waals surface area contributed by atoms with Gasteiger partial charge in [-0.3, -0.25) is 9.59 Å². The van der Waals surface area contributed by atoms with Crippen molar-refractivity contribution < 1.29 is 9.59 Å². The molecule has 1 aromatic rings. The number of benzene rings is 1. The fraction of sp³-hybridized carbons (Fsp3) is 0.771. The van der Waals surface area contributed by atoms with Gasteiger partial charge in [0.05, 0.1) is 6.04 Å². The number of fused-ring (bicyclic) bond motifs is 3. The molecule has 41 heavy (non-hydrogen) atoms. The first-order valence-corrected chi connectivity index (χ1v) is 15.9. The summed E-state index contributed by atoms with van der Waals surface area (Å²) in [6, 6.07) is 8.66. The Balaban J connectivity index is 1.63. The lowest BCUT2D eigenvalue weighted by atomic mass is 9.61. The van der Waals surface area contributed by atoms with E-state index in [1.807, 2.05) is 0 Å². The van der Waals surface area contributed by atoms with Gasteiger partial charge in [-0.15, -0.1) is 0 Å². The van der Waals surface area contributed by atoms with Crippen molar-refractivity contribution >= 4 is 17.5 Å². The van der Waals surface area contributed by atoms with E-state index in [2.05, 4.69) is 121 Å². The molecule has 2 fully saturated rings. The number of amides is 2. The van der Waals surface area contributed by atoms with E-state index < -0.39 is 5.54 Å². The first-order valence-electron chi connectivity index (χ1n) is 15.9. The third-order valence-electron chi connectivity index (χ3n) is 9.80. The summed E-state index contributed by atoms with van der Waals surface area (Å²) in [4.78, 5) is 30.6. The van der Waals surface area contributed by atoms with Crippen molar-refractivity contribution in [3.8, 4) is 0 Å². The molecule has 0 radical (unpaired) electrons. The molecule has 6 nitrogen and oxygen atoms in total. The molecule has 230 valence electrons. The molecule has 0 bridgehead atoms. The monoisotopic (exact) mass is 566 g/mol. The first kappa shape index (κ1) is 31.8. The number of para-hydroxylation sites is 1. The Labute approximate surface area is 250 Å². The fourth-order valence-electron chi connectivity index (χ4n) is 8.46.